The van der Waals surface area contributed by atoms with Crippen LogP contribution in [0.5, 0.6) is 0 Å². The van der Waals surface area contributed by atoms with Crippen molar-refractivity contribution in [1.29, 1.82) is 0 Å². The fourth-order valence-corrected chi connectivity index (χ4v) is 2.41. The highest BCUT2D eigenvalue weighted by Gasteiger charge is 2.35. The van der Waals surface area contributed by atoms with Crippen molar-refractivity contribution in [3.63, 3.8) is 0 Å². The molecule has 0 saturated heterocycles. The Morgan fingerprint density at radius 1 is 1.04 bits per heavy atom. The number of amides is 2. The zero-order chi connectivity index (χ0) is 21.3. The van der Waals surface area contributed by atoms with Crippen molar-refractivity contribution in [3.05, 3.63) is 0 Å². The van der Waals surface area contributed by atoms with Crippen LogP contribution in [0.15, 0.2) is 0 Å². The summed E-state index contributed by atoms with van der Waals surface area (Å²) in [6.45, 7) is 13.8. The quantitative estimate of drug-likeness (QED) is 0.525. The largest absolute Gasteiger partial charge is 0.394 e. The molecule has 0 spiro atoms. The van der Waals surface area contributed by atoms with Crippen LogP contribution < -0.4 is 5.32 Å². The molecule has 0 heterocycles. The van der Waals surface area contributed by atoms with E-state index in [1.807, 2.05) is 27.8 Å². The average molecular weight is 388 g/mol. The summed E-state index contributed by atoms with van der Waals surface area (Å²) in [6, 6.07) is -0.549. The van der Waals surface area contributed by atoms with Gasteiger partial charge >= 0.3 is 0 Å². The lowest BCUT2D eigenvalue weighted by Gasteiger charge is -2.38. The molecule has 27 heavy (non-hydrogen) atoms. The second kappa shape index (κ2) is 11.6. The Labute approximate surface area is 165 Å². The number of likely N-dealkylation sites (N-methyl/N-ethyl adjacent to an activating group) is 2. The van der Waals surface area contributed by atoms with Gasteiger partial charge in [-0.3, -0.25) is 14.5 Å². The topological polar surface area (TPSA) is 82.1 Å². The molecule has 0 bridgehead atoms. The third kappa shape index (κ3) is 10.1. The summed E-state index contributed by atoms with van der Waals surface area (Å²) in [5.41, 5.74) is -0.647. The lowest BCUT2D eigenvalue weighted by atomic mass is 9.94. The summed E-state index contributed by atoms with van der Waals surface area (Å²) < 4.78 is 5.21. The van der Waals surface area contributed by atoms with Crippen LogP contribution in [0.25, 0.3) is 0 Å². The Morgan fingerprint density at radius 2 is 1.63 bits per heavy atom. The third-order valence-corrected chi connectivity index (χ3v) is 4.57. The highest BCUT2D eigenvalue weighted by Crippen LogP contribution is 2.20. The maximum atomic E-state index is 12.8. The van der Waals surface area contributed by atoms with Crippen LogP contribution in [0.2, 0.25) is 0 Å². The van der Waals surface area contributed by atoms with Crippen molar-refractivity contribution in [2.24, 2.45) is 5.41 Å². The van der Waals surface area contributed by atoms with Gasteiger partial charge in [0, 0.05) is 37.7 Å². The van der Waals surface area contributed by atoms with Gasteiger partial charge in [0.05, 0.1) is 13.2 Å². The summed E-state index contributed by atoms with van der Waals surface area (Å²) in [7, 11) is 3.67. The first-order valence-corrected chi connectivity index (χ1v) is 9.77. The van der Waals surface area contributed by atoms with Crippen molar-refractivity contribution in [2.75, 3.05) is 47.0 Å². The number of aliphatic hydroxyl groups excluding tert-OH is 1. The Kier molecular flexibility index (Phi) is 11.1. The monoisotopic (exact) mass is 387 g/mol. The molecule has 0 aromatic carbocycles. The van der Waals surface area contributed by atoms with Gasteiger partial charge in [-0.15, -0.1) is 0 Å². The first-order chi connectivity index (χ1) is 12.3. The molecule has 0 aliphatic carbocycles. The van der Waals surface area contributed by atoms with E-state index in [2.05, 4.69) is 31.0 Å². The predicted octanol–water partition coefficient (Wildman–Crippen LogP) is 1.50. The number of hydrogen-bond acceptors (Lipinski definition) is 5. The number of ether oxygens (including phenoxy) is 1. The molecule has 0 rings (SSSR count). The molecule has 0 radical (unpaired) electrons. The molecule has 0 saturated carbocycles. The van der Waals surface area contributed by atoms with E-state index < -0.39 is 11.5 Å². The number of carbonyl (C=O) groups is 2. The Morgan fingerprint density at radius 3 is 2.11 bits per heavy atom. The van der Waals surface area contributed by atoms with Crippen LogP contribution in [-0.4, -0.2) is 85.3 Å². The summed E-state index contributed by atoms with van der Waals surface area (Å²) in [6.07, 6.45) is 1.60. The van der Waals surface area contributed by atoms with Crippen LogP contribution in [0.1, 0.15) is 54.4 Å². The van der Waals surface area contributed by atoms with Gasteiger partial charge in [-0.05, 0) is 40.7 Å². The molecule has 0 aliphatic heterocycles. The van der Waals surface area contributed by atoms with Crippen molar-refractivity contribution in [2.45, 2.75) is 66.0 Å². The molecule has 0 aromatic rings. The van der Waals surface area contributed by atoms with Gasteiger partial charge in [0.1, 0.15) is 6.04 Å². The van der Waals surface area contributed by atoms with Gasteiger partial charge in [-0.25, -0.2) is 0 Å². The van der Waals surface area contributed by atoms with E-state index in [1.165, 1.54) is 0 Å². The molecular formula is C20H41N3O4. The molecular weight excluding hydrogens is 346 g/mol. The zero-order valence-electron chi connectivity index (χ0n) is 18.6. The van der Waals surface area contributed by atoms with E-state index in [9.17, 15) is 9.59 Å². The standard InChI is InChI=1S/C20H41N3O4/c1-19(2,3)18(26)23(8)16(15-22(7)20(4,5)6)17(25)21-11-9-10-13-27-14-12-24/h16,24H,9-15H2,1-8H3,(H,21,25)/t16-/m1/s1. The highest BCUT2D eigenvalue weighted by molar-refractivity contribution is 5.89. The molecule has 2 N–H and O–H groups in total. The van der Waals surface area contributed by atoms with Crippen molar-refractivity contribution in [3.8, 4) is 0 Å². The second-order valence-electron chi connectivity index (χ2n) is 9.07. The number of nitrogens with zero attached hydrogens (tertiary/aromatic N) is 2. The summed E-state index contributed by atoms with van der Waals surface area (Å²) in [4.78, 5) is 29.2. The molecule has 0 aliphatic rings. The van der Waals surface area contributed by atoms with Gasteiger partial charge < -0.3 is 20.1 Å². The lowest BCUT2D eigenvalue weighted by Crippen LogP contribution is -2.57. The van der Waals surface area contributed by atoms with Crippen LogP contribution in [-0.2, 0) is 14.3 Å². The normalized spacial score (nSPS) is 13.6. The van der Waals surface area contributed by atoms with Gasteiger partial charge in [0.15, 0.2) is 0 Å². The average Bonchev–Trinajstić information content (AvgIpc) is 2.55. The van der Waals surface area contributed by atoms with Gasteiger partial charge in [0.25, 0.3) is 0 Å². The first kappa shape index (κ1) is 25.8. The first-order valence-electron chi connectivity index (χ1n) is 9.77. The van der Waals surface area contributed by atoms with E-state index in [-0.39, 0.29) is 24.0 Å². The highest BCUT2D eigenvalue weighted by atomic mass is 16.5. The smallest absolute Gasteiger partial charge is 0.244 e. The Balaban J connectivity index is 4.87. The molecule has 0 fully saturated rings. The predicted molar refractivity (Wildman–Crippen MR) is 109 cm³/mol. The van der Waals surface area contributed by atoms with Crippen molar-refractivity contribution >= 4 is 11.8 Å². The number of rotatable bonds is 11. The van der Waals surface area contributed by atoms with E-state index in [0.717, 1.165) is 12.8 Å². The fraction of sp³-hybridized carbons (Fsp3) is 0.900. The molecule has 7 heteroatoms. The number of carbonyl (C=O) groups excluding carboxylic acids is 2. The van der Waals surface area contributed by atoms with Crippen LogP contribution in [0, 0.1) is 5.41 Å². The number of aliphatic hydroxyl groups is 1. The second-order valence-corrected chi connectivity index (χ2v) is 9.07. The third-order valence-electron chi connectivity index (χ3n) is 4.57. The van der Waals surface area contributed by atoms with E-state index >= 15 is 0 Å². The van der Waals surface area contributed by atoms with Crippen molar-refractivity contribution in [1.82, 2.24) is 15.1 Å². The maximum absolute atomic E-state index is 12.8. The maximum Gasteiger partial charge on any atom is 0.244 e. The number of unbranched alkanes of at least 4 members (excludes halogenated alkanes) is 1. The van der Waals surface area contributed by atoms with Crippen LogP contribution in [0.3, 0.4) is 0 Å². The Bertz CT molecular complexity index is 455. The Hall–Kier alpha value is -1.18. The number of nitrogens with one attached hydrogen (secondary N) is 1. The lowest BCUT2D eigenvalue weighted by molar-refractivity contribution is -0.146. The van der Waals surface area contributed by atoms with Crippen LogP contribution in [0.4, 0.5) is 0 Å². The summed E-state index contributed by atoms with van der Waals surface area (Å²) in [5, 5.41) is 11.6. The van der Waals surface area contributed by atoms with Gasteiger partial charge in [0.2, 0.25) is 11.8 Å². The molecule has 0 aromatic heterocycles. The summed E-state index contributed by atoms with van der Waals surface area (Å²) in [5.74, 6) is -0.190. The van der Waals surface area contributed by atoms with Crippen LogP contribution >= 0.6 is 0 Å². The fourth-order valence-electron chi connectivity index (χ4n) is 2.41. The molecule has 7 nitrogen and oxygen atoms in total. The minimum atomic E-state index is -0.549. The molecule has 1 atom stereocenters. The zero-order valence-corrected chi connectivity index (χ0v) is 18.6. The van der Waals surface area contributed by atoms with E-state index in [1.54, 1.807) is 11.9 Å². The minimum Gasteiger partial charge on any atom is -0.394 e. The van der Waals surface area contributed by atoms with Crippen molar-refractivity contribution < 1.29 is 19.4 Å². The van der Waals surface area contributed by atoms with Gasteiger partial charge in [-0.1, -0.05) is 20.8 Å². The molecule has 0 unspecified atom stereocenters. The summed E-state index contributed by atoms with van der Waals surface area (Å²) >= 11 is 0. The van der Waals surface area contributed by atoms with E-state index in [0.29, 0.717) is 26.3 Å². The number of hydrogen-bond donors (Lipinski definition) is 2. The molecule has 160 valence electrons. The van der Waals surface area contributed by atoms with Gasteiger partial charge in [-0.2, -0.15) is 0 Å². The molecule has 2 amide bonds. The SMILES string of the molecule is CN(C(=O)C(C)(C)C)[C@H](CN(C)C(C)(C)C)C(=O)NCCCCOCCO. The minimum absolute atomic E-state index is 0.0217. The van der Waals surface area contributed by atoms with E-state index in [4.69, 9.17) is 9.84 Å².